The van der Waals surface area contributed by atoms with Gasteiger partial charge in [-0.25, -0.2) is 4.98 Å². The number of hydrogen-bond donors (Lipinski definition) is 3. The van der Waals surface area contributed by atoms with Crippen LogP contribution in [0.25, 0.3) is 0 Å². The van der Waals surface area contributed by atoms with Crippen molar-refractivity contribution < 1.29 is 9.53 Å². The van der Waals surface area contributed by atoms with Gasteiger partial charge >= 0.3 is 0 Å². The number of hydrogen-bond acceptors (Lipinski definition) is 5. The van der Waals surface area contributed by atoms with Gasteiger partial charge in [-0.2, -0.15) is 0 Å². The predicted molar refractivity (Wildman–Crippen MR) is 82.2 cm³/mol. The number of nitrogens with two attached hydrogens (primary N) is 2. The van der Waals surface area contributed by atoms with Gasteiger partial charge in [-0.1, -0.05) is 18.2 Å². The van der Waals surface area contributed by atoms with E-state index in [-0.39, 0.29) is 0 Å². The van der Waals surface area contributed by atoms with E-state index >= 15 is 0 Å². The molecule has 0 fully saturated rings. The van der Waals surface area contributed by atoms with E-state index in [1.165, 1.54) is 12.3 Å². The fourth-order valence-corrected chi connectivity index (χ4v) is 1.80. The molecule has 5 N–H and O–H groups in total. The Morgan fingerprint density at radius 3 is 2.76 bits per heavy atom. The summed E-state index contributed by atoms with van der Waals surface area (Å²) in [7, 11) is 0. The number of carbonyl (C=O) groups excluding carboxylic acids is 1. The Bertz CT molecular complexity index is 602. The highest BCUT2D eigenvalue weighted by Gasteiger charge is 2.09. The van der Waals surface area contributed by atoms with E-state index in [1.807, 2.05) is 30.3 Å². The van der Waals surface area contributed by atoms with Crippen molar-refractivity contribution in [2.24, 2.45) is 5.73 Å². The first-order chi connectivity index (χ1) is 10.2. The highest BCUT2D eigenvalue weighted by Crippen LogP contribution is 2.15. The lowest BCUT2D eigenvalue weighted by Gasteiger charge is -2.10. The van der Waals surface area contributed by atoms with Gasteiger partial charge in [0, 0.05) is 6.54 Å². The Morgan fingerprint density at radius 1 is 1.29 bits per heavy atom. The summed E-state index contributed by atoms with van der Waals surface area (Å²) < 4.78 is 5.57. The molecule has 6 nitrogen and oxygen atoms in total. The van der Waals surface area contributed by atoms with Crippen LogP contribution in [0.1, 0.15) is 16.8 Å². The maximum atomic E-state index is 11.3. The van der Waals surface area contributed by atoms with E-state index in [4.69, 9.17) is 16.2 Å². The van der Waals surface area contributed by atoms with Gasteiger partial charge in [0.1, 0.15) is 11.6 Å². The van der Waals surface area contributed by atoms with E-state index in [0.29, 0.717) is 30.2 Å². The molecule has 2 rings (SSSR count). The summed E-state index contributed by atoms with van der Waals surface area (Å²) in [5.74, 6) is 0.718. The molecule has 0 spiro atoms. The largest absolute Gasteiger partial charge is 0.494 e. The zero-order valence-electron chi connectivity index (χ0n) is 11.6. The third-order valence-electron chi connectivity index (χ3n) is 2.80. The molecule has 0 aliphatic rings. The Labute approximate surface area is 123 Å². The molecule has 1 amide bonds. The van der Waals surface area contributed by atoms with Crippen LogP contribution in [0, 0.1) is 0 Å². The maximum Gasteiger partial charge on any atom is 0.252 e. The molecule has 110 valence electrons. The summed E-state index contributed by atoms with van der Waals surface area (Å²) in [6, 6.07) is 11.1. The summed E-state index contributed by atoms with van der Waals surface area (Å²) in [5.41, 5.74) is 11.6. The molecule has 0 saturated carbocycles. The van der Waals surface area contributed by atoms with Crippen LogP contribution in [0.2, 0.25) is 0 Å². The third-order valence-corrected chi connectivity index (χ3v) is 2.80. The van der Waals surface area contributed by atoms with Crippen molar-refractivity contribution in [1.29, 1.82) is 0 Å². The average molecular weight is 286 g/mol. The van der Waals surface area contributed by atoms with Crippen LogP contribution >= 0.6 is 0 Å². The zero-order valence-corrected chi connectivity index (χ0v) is 11.6. The van der Waals surface area contributed by atoms with Gasteiger partial charge in [0.25, 0.3) is 5.91 Å². The smallest absolute Gasteiger partial charge is 0.252 e. The quantitative estimate of drug-likeness (QED) is 0.671. The maximum absolute atomic E-state index is 11.3. The highest BCUT2D eigenvalue weighted by atomic mass is 16.5. The molecule has 0 atom stereocenters. The van der Waals surface area contributed by atoms with Crippen molar-refractivity contribution in [3.8, 4) is 5.75 Å². The van der Waals surface area contributed by atoms with Crippen molar-refractivity contribution in [2.75, 3.05) is 24.2 Å². The number of rotatable bonds is 7. The Balaban J connectivity index is 1.80. The van der Waals surface area contributed by atoms with Gasteiger partial charge in [0.05, 0.1) is 24.1 Å². The predicted octanol–water partition coefficient (Wildman–Crippen LogP) is 1.64. The number of aromatic nitrogens is 1. The lowest BCUT2D eigenvalue weighted by atomic mass is 10.2. The second-order valence-corrected chi connectivity index (χ2v) is 4.47. The Hall–Kier alpha value is -2.76. The van der Waals surface area contributed by atoms with Gasteiger partial charge in [-0.15, -0.1) is 0 Å². The van der Waals surface area contributed by atoms with Gasteiger partial charge in [-0.05, 0) is 24.6 Å². The van der Waals surface area contributed by atoms with Crippen molar-refractivity contribution in [2.45, 2.75) is 6.42 Å². The number of para-hydroxylation sites is 1. The number of ether oxygens (including phenoxy) is 1. The van der Waals surface area contributed by atoms with Crippen molar-refractivity contribution in [3.63, 3.8) is 0 Å². The van der Waals surface area contributed by atoms with E-state index < -0.39 is 5.91 Å². The number of carbonyl (C=O) groups is 1. The minimum Gasteiger partial charge on any atom is -0.494 e. The van der Waals surface area contributed by atoms with Gasteiger partial charge in [0.15, 0.2) is 0 Å². The van der Waals surface area contributed by atoms with Gasteiger partial charge < -0.3 is 21.5 Å². The molecule has 1 aromatic heterocycles. The van der Waals surface area contributed by atoms with Crippen molar-refractivity contribution in [1.82, 2.24) is 4.98 Å². The molecule has 6 heteroatoms. The van der Waals surface area contributed by atoms with Gasteiger partial charge in [-0.3, -0.25) is 4.79 Å². The van der Waals surface area contributed by atoms with E-state index in [9.17, 15) is 4.79 Å². The van der Waals surface area contributed by atoms with Crippen LogP contribution in [0.3, 0.4) is 0 Å². The highest BCUT2D eigenvalue weighted by molar-refractivity contribution is 5.98. The lowest BCUT2D eigenvalue weighted by molar-refractivity contribution is 0.100. The molecule has 0 radical (unpaired) electrons. The molecular weight excluding hydrogens is 268 g/mol. The fourth-order valence-electron chi connectivity index (χ4n) is 1.80. The number of benzene rings is 1. The number of nitrogens with zero attached hydrogens (tertiary/aromatic N) is 1. The van der Waals surface area contributed by atoms with Crippen LogP contribution in [-0.2, 0) is 0 Å². The molecule has 0 aliphatic heterocycles. The third kappa shape index (κ3) is 4.38. The number of anilines is 2. The number of nitrogens with one attached hydrogen (secondary N) is 1. The molecule has 0 bridgehead atoms. The number of nitrogen functional groups attached to an aromatic ring is 1. The summed E-state index contributed by atoms with van der Waals surface area (Å²) in [6.45, 7) is 1.18. The summed E-state index contributed by atoms with van der Waals surface area (Å²) in [6.07, 6.45) is 2.24. The topological polar surface area (TPSA) is 103 Å². The summed E-state index contributed by atoms with van der Waals surface area (Å²) >= 11 is 0. The molecule has 0 aliphatic carbocycles. The normalized spacial score (nSPS) is 10.1. The van der Waals surface area contributed by atoms with Crippen molar-refractivity contribution in [3.05, 3.63) is 48.2 Å². The monoisotopic (exact) mass is 286 g/mol. The number of pyridine rings is 1. The van der Waals surface area contributed by atoms with Crippen molar-refractivity contribution >= 4 is 17.4 Å². The average Bonchev–Trinajstić information content (AvgIpc) is 2.49. The minimum atomic E-state index is -0.558. The lowest BCUT2D eigenvalue weighted by Crippen LogP contribution is -2.17. The molecule has 1 aromatic carbocycles. The SMILES string of the molecule is NC(=O)c1cc(N)cnc1NCCCOc1ccccc1. The molecular formula is C15H18N4O2. The molecule has 0 saturated heterocycles. The summed E-state index contributed by atoms with van der Waals surface area (Å²) in [5, 5.41) is 3.06. The minimum absolute atomic E-state index is 0.291. The zero-order chi connectivity index (χ0) is 15.1. The molecule has 2 aromatic rings. The van der Waals surface area contributed by atoms with Crippen LogP contribution in [0.15, 0.2) is 42.6 Å². The van der Waals surface area contributed by atoms with Crippen LogP contribution in [0.5, 0.6) is 5.75 Å². The molecule has 1 heterocycles. The summed E-state index contributed by atoms with van der Waals surface area (Å²) in [4.78, 5) is 15.4. The number of amides is 1. The van der Waals surface area contributed by atoms with Crippen LogP contribution in [0.4, 0.5) is 11.5 Å². The van der Waals surface area contributed by atoms with E-state index in [0.717, 1.165) is 12.2 Å². The first-order valence-corrected chi connectivity index (χ1v) is 6.64. The Kier molecular flexibility index (Phi) is 4.98. The fraction of sp³-hybridized carbons (Fsp3) is 0.200. The first kappa shape index (κ1) is 14.6. The van der Waals surface area contributed by atoms with E-state index in [2.05, 4.69) is 10.3 Å². The standard InChI is InChI=1S/C15H18N4O2/c16-11-9-13(14(17)20)15(19-10-11)18-7-4-8-21-12-5-2-1-3-6-12/h1-3,5-6,9-10H,4,7-8,16H2,(H2,17,20)(H,18,19). The van der Waals surface area contributed by atoms with Crippen LogP contribution in [-0.4, -0.2) is 24.0 Å². The first-order valence-electron chi connectivity index (χ1n) is 6.64. The Morgan fingerprint density at radius 2 is 2.05 bits per heavy atom. The second-order valence-electron chi connectivity index (χ2n) is 4.47. The second kappa shape index (κ2) is 7.14. The number of primary amides is 1. The van der Waals surface area contributed by atoms with E-state index in [1.54, 1.807) is 0 Å². The van der Waals surface area contributed by atoms with Gasteiger partial charge in [0.2, 0.25) is 0 Å². The molecule has 21 heavy (non-hydrogen) atoms. The van der Waals surface area contributed by atoms with Crippen LogP contribution < -0.4 is 21.5 Å². The molecule has 0 unspecified atom stereocenters.